The van der Waals surface area contributed by atoms with Crippen LogP contribution in [0.2, 0.25) is 0 Å². The van der Waals surface area contributed by atoms with E-state index in [9.17, 15) is 9.90 Å². The van der Waals surface area contributed by atoms with E-state index >= 15 is 0 Å². The number of hydrogen-bond acceptors (Lipinski definition) is 3. The van der Waals surface area contributed by atoms with Gasteiger partial charge in [-0.05, 0) is 46.5 Å². The molecule has 1 amide bonds. The van der Waals surface area contributed by atoms with Crippen molar-refractivity contribution in [3.05, 3.63) is 0 Å². The van der Waals surface area contributed by atoms with Crippen molar-refractivity contribution in [2.45, 2.75) is 77.0 Å². The summed E-state index contributed by atoms with van der Waals surface area (Å²) in [6.07, 6.45) is 3.58. The van der Waals surface area contributed by atoms with E-state index in [1.807, 2.05) is 13.8 Å². The predicted octanol–water partition coefficient (Wildman–Crippen LogP) is 1.56. The predicted molar refractivity (Wildman–Crippen MR) is 73.1 cm³/mol. The Hall–Kier alpha value is -0.610. The van der Waals surface area contributed by atoms with Gasteiger partial charge in [-0.15, -0.1) is 0 Å². The molecule has 18 heavy (non-hydrogen) atoms. The lowest BCUT2D eigenvalue weighted by Gasteiger charge is -2.42. The third-order valence-corrected chi connectivity index (χ3v) is 4.44. The summed E-state index contributed by atoms with van der Waals surface area (Å²) in [5.74, 6) is 0.348. The van der Waals surface area contributed by atoms with Crippen molar-refractivity contribution in [1.82, 2.24) is 5.32 Å². The molecular weight excluding hydrogens is 228 g/mol. The van der Waals surface area contributed by atoms with Crippen LogP contribution in [-0.4, -0.2) is 27.7 Å². The number of nitrogens with one attached hydrogen (secondary N) is 1. The van der Waals surface area contributed by atoms with E-state index in [1.165, 1.54) is 0 Å². The van der Waals surface area contributed by atoms with Crippen LogP contribution in [0.1, 0.15) is 60.3 Å². The first-order chi connectivity index (χ1) is 7.98. The van der Waals surface area contributed by atoms with Gasteiger partial charge in [-0.3, -0.25) is 4.79 Å². The van der Waals surface area contributed by atoms with Crippen molar-refractivity contribution in [1.29, 1.82) is 0 Å². The molecule has 1 aliphatic rings. The molecule has 106 valence electrons. The van der Waals surface area contributed by atoms with Crippen molar-refractivity contribution in [3.63, 3.8) is 0 Å². The summed E-state index contributed by atoms with van der Waals surface area (Å²) in [4.78, 5) is 12.4. The van der Waals surface area contributed by atoms with Crippen LogP contribution in [-0.2, 0) is 4.79 Å². The standard InChI is InChI=1S/C14H28N2O2/c1-10-7-6-8-14(15,9-10)11(17)16-12(2,3)13(4,5)18/h10,18H,6-9,15H2,1-5H3,(H,16,17). The fraction of sp³-hybridized carbons (Fsp3) is 0.929. The average molecular weight is 256 g/mol. The maximum Gasteiger partial charge on any atom is 0.240 e. The second kappa shape index (κ2) is 4.82. The number of aliphatic hydroxyl groups is 1. The van der Waals surface area contributed by atoms with E-state index in [-0.39, 0.29) is 5.91 Å². The Morgan fingerprint density at radius 3 is 2.39 bits per heavy atom. The molecule has 0 aromatic carbocycles. The highest BCUT2D eigenvalue weighted by atomic mass is 16.3. The maximum absolute atomic E-state index is 12.4. The lowest BCUT2D eigenvalue weighted by Crippen LogP contribution is -2.65. The van der Waals surface area contributed by atoms with Gasteiger partial charge in [0.2, 0.25) is 5.91 Å². The van der Waals surface area contributed by atoms with Gasteiger partial charge < -0.3 is 16.2 Å². The van der Waals surface area contributed by atoms with Crippen LogP contribution in [0.3, 0.4) is 0 Å². The van der Waals surface area contributed by atoms with E-state index < -0.39 is 16.7 Å². The van der Waals surface area contributed by atoms with Gasteiger partial charge in [0.05, 0.1) is 16.7 Å². The van der Waals surface area contributed by atoms with Crippen LogP contribution in [0.5, 0.6) is 0 Å². The molecule has 4 nitrogen and oxygen atoms in total. The van der Waals surface area contributed by atoms with Crippen LogP contribution >= 0.6 is 0 Å². The Kier molecular flexibility index (Phi) is 4.13. The summed E-state index contributed by atoms with van der Waals surface area (Å²) in [6, 6.07) is 0. The number of carbonyl (C=O) groups excluding carboxylic acids is 1. The Morgan fingerprint density at radius 1 is 1.39 bits per heavy atom. The molecule has 1 rings (SSSR count). The average Bonchev–Trinajstić information content (AvgIpc) is 2.14. The number of carbonyl (C=O) groups is 1. The Labute approximate surface area is 110 Å². The smallest absolute Gasteiger partial charge is 0.240 e. The molecule has 1 aliphatic carbocycles. The molecule has 0 radical (unpaired) electrons. The highest BCUT2D eigenvalue weighted by Gasteiger charge is 2.43. The number of amides is 1. The molecule has 0 aromatic rings. The normalized spacial score (nSPS) is 30.1. The monoisotopic (exact) mass is 256 g/mol. The summed E-state index contributed by atoms with van der Waals surface area (Å²) in [5, 5.41) is 13.0. The van der Waals surface area contributed by atoms with E-state index in [0.717, 1.165) is 25.7 Å². The van der Waals surface area contributed by atoms with Crippen LogP contribution in [0.4, 0.5) is 0 Å². The van der Waals surface area contributed by atoms with E-state index in [4.69, 9.17) is 5.73 Å². The largest absolute Gasteiger partial charge is 0.388 e. The zero-order valence-corrected chi connectivity index (χ0v) is 12.3. The first kappa shape index (κ1) is 15.4. The van der Waals surface area contributed by atoms with Crippen molar-refractivity contribution in [3.8, 4) is 0 Å². The van der Waals surface area contributed by atoms with Gasteiger partial charge in [-0.1, -0.05) is 19.8 Å². The van der Waals surface area contributed by atoms with Crippen LogP contribution in [0, 0.1) is 5.92 Å². The van der Waals surface area contributed by atoms with Gasteiger partial charge in [0, 0.05) is 0 Å². The van der Waals surface area contributed by atoms with Crippen molar-refractivity contribution in [2.24, 2.45) is 11.7 Å². The molecule has 2 atom stereocenters. The maximum atomic E-state index is 12.4. The minimum atomic E-state index is -0.987. The van der Waals surface area contributed by atoms with Crippen LogP contribution in [0.25, 0.3) is 0 Å². The van der Waals surface area contributed by atoms with E-state index in [1.54, 1.807) is 13.8 Å². The highest BCUT2D eigenvalue weighted by Crippen LogP contribution is 2.31. The topological polar surface area (TPSA) is 75.4 Å². The van der Waals surface area contributed by atoms with Crippen molar-refractivity contribution < 1.29 is 9.90 Å². The van der Waals surface area contributed by atoms with Gasteiger partial charge in [-0.2, -0.15) is 0 Å². The Bertz CT molecular complexity index is 320. The molecule has 0 aromatic heterocycles. The third kappa shape index (κ3) is 3.23. The summed E-state index contributed by atoms with van der Waals surface area (Å²) in [6.45, 7) is 9.16. The molecule has 1 saturated carbocycles. The molecule has 1 fully saturated rings. The molecule has 2 unspecified atom stereocenters. The quantitative estimate of drug-likeness (QED) is 0.717. The fourth-order valence-electron chi connectivity index (χ4n) is 2.36. The first-order valence-electron chi connectivity index (χ1n) is 6.82. The summed E-state index contributed by atoms with van der Waals surface area (Å²) in [7, 11) is 0. The fourth-order valence-corrected chi connectivity index (χ4v) is 2.36. The number of rotatable bonds is 3. The first-order valence-corrected chi connectivity index (χ1v) is 6.82. The molecule has 0 saturated heterocycles. The van der Waals surface area contributed by atoms with E-state index in [2.05, 4.69) is 12.2 Å². The second-order valence-electron chi connectivity index (χ2n) is 7.00. The minimum absolute atomic E-state index is 0.138. The SMILES string of the molecule is CC1CCCC(N)(C(=O)NC(C)(C)C(C)(C)O)C1. The lowest BCUT2D eigenvalue weighted by atomic mass is 9.75. The highest BCUT2D eigenvalue weighted by molar-refractivity contribution is 5.86. The van der Waals surface area contributed by atoms with Crippen molar-refractivity contribution >= 4 is 5.91 Å². The molecule has 0 aliphatic heterocycles. The number of hydrogen-bond donors (Lipinski definition) is 3. The third-order valence-electron chi connectivity index (χ3n) is 4.44. The van der Waals surface area contributed by atoms with Crippen LogP contribution in [0.15, 0.2) is 0 Å². The zero-order valence-electron chi connectivity index (χ0n) is 12.3. The van der Waals surface area contributed by atoms with Gasteiger partial charge in [0.1, 0.15) is 0 Å². The van der Waals surface area contributed by atoms with Crippen LogP contribution < -0.4 is 11.1 Å². The molecular formula is C14H28N2O2. The minimum Gasteiger partial charge on any atom is -0.388 e. The molecule has 0 heterocycles. The number of nitrogens with two attached hydrogens (primary N) is 1. The molecule has 4 heteroatoms. The lowest BCUT2D eigenvalue weighted by molar-refractivity contribution is -0.133. The summed E-state index contributed by atoms with van der Waals surface area (Å²) < 4.78 is 0. The Morgan fingerprint density at radius 2 is 1.94 bits per heavy atom. The van der Waals surface area contributed by atoms with Gasteiger partial charge >= 0.3 is 0 Å². The zero-order chi connectivity index (χ0) is 14.2. The summed E-state index contributed by atoms with van der Waals surface area (Å²) >= 11 is 0. The second-order valence-corrected chi connectivity index (χ2v) is 7.00. The van der Waals surface area contributed by atoms with E-state index in [0.29, 0.717) is 5.92 Å². The Balaban J connectivity index is 2.76. The summed E-state index contributed by atoms with van der Waals surface area (Å²) in [5.41, 5.74) is 3.79. The van der Waals surface area contributed by atoms with Gasteiger partial charge in [0.15, 0.2) is 0 Å². The van der Waals surface area contributed by atoms with Crippen molar-refractivity contribution in [2.75, 3.05) is 0 Å². The van der Waals surface area contributed by atoms with Gasteiger partial charge in [-0.25, -0.2) is 0 Å². The molecule has 0 bridgehead atoms. The van der Waals surface area contributed by atoms with Gasteiger partial charge in [0.25, 0.3) is 0 Å². The molecule has 0 spiro atoms. The molecule has 4 N–H and O–H groups in total.